The Morgan fingerprint density at radius 1 is 0.812 bits per heavy atom. The van der Waals surface area contributed by atoms with Crippen LogP contribution in [0.3, 0.4) is 0 Å². The number of nitrogens with one attached hydrogen (secondary N) is 4. The van der Waals surface area contributed by atoms with Crippen molar-refractivity contribution >= 4 is 89.9 Å². The van der Waals surface area contributed by atoms with Gasteiger partial charge >= 0.3 is 0 Å². The van der Waals surface area contributed by atoms with Gasteiger partial charge in [-0.25, -0.2) is 9.97 Å². The maximum Gasteiger partial charge on any atom is 0.270 e. The second-order valence-electron chi connectivity index (χ2n) is 23.5. The van der Waals surface area contributed by atoms with E-state index in [4.69, 9.17) is 15.7 Å². The fourth-order valence-electron chi connectivity index (χ4n) is 14.2. The third-order valence-electron chi connectivity index (χ3n) is 17.7. The van der Waals surface area contributed by atoms with E-state index in [1.54, 1.807) is 17.9 Å². The third kappa shape index (κ3) is 12.1. The van der Waals surface area contributed by atoms with Crippen LogP contribution < -0.4 is 31.9 Å². The van der Waals surface area contributed by atoms with Gasteiger partial charge in [0.15, 0.2) is 5.13 Å². The number of benzene rings is 3. The number of carbonyl (C=O) groups excluding carboxylic acids is 5. The van der Waals surface area contributed by atoms with Gasteiger partial charge in [0.1, 0.15) is 11.5 Å². The molecular formula is C63H75N11O5S. The summed E-state index contributed by atoms with van der Waals surface area (Å²) in [7, 11) is 1.80. The van der Waals surface area contributed by atoms with E-state index in [-0.39, 0.29) is 41.4 Å². The van der Waals surface area contributed by atoms with Gasteiger partial charge in [0.25, 0.3) is 11.8 Å². The lowest BCUT2D eigenvalue weighted by Gasteiger charge is -2.56. The van der Waals surface area contributed by atoms with Crippen molar-refractivity contribution in [2.75, 3.05) is 35.2 Å². The number of nitrogens with two attached hydrogens (primary N) is 1. The van der Waals surface area contributed by atoms with Crippen molar-refractivity contribution in [3.8, 4) is 0 Å². The fourth-order valence-corrected chi connectivity index (χ4v) is 15.0. The predicted molar refractivity (Wildman–Crippen MR) is 317 cm³/mol. The number of nitrogens with zero attached hydrogens (tertiary/aromatic N) is 6. The summed E-state index contributed by atoms with van der Waals surface area (Å²) in [5, 5.41) is 17.8. The average Bonchev–Trinajstić information content (AvgIpc) is 4.11. The quantitative estimate of drug-likeness (QED) is 0.0246. The minimum absolute atomic E-state index is 0.0531. The van der Waals surface area contributed by atoms with Crippen LogP contribution in [0.15, 0.2) is 84.0 Å². The highest BCUT2D eigenvalue weighted by molar-refractivity contribution is 7.22. The minimum Gasteiger partial charge on any atom is -0.404 e. The molecule has 6 N–H and O–H groups in total. The van der Waals surface area contributed by atoms with Crippen molar-refractivity contribution in [3.63, 3.8) is 0 Å². The predicted octanol–water partition coefficient (Wildman–Crippen LogP) is 11.2. The first-order valence-corrected chi connectivity index (χ1v) is 30.1. The molecule has 4 saturated carbocycles. The number of rotatable bonds is 22. The number of para-hydroxylation sites is 2. The maximum absolute atomic E-state index is 14.4. The second-order valence-corrected chi connectivity index (χ2v) is 24.5. The number of amides is 5. The lowest BCUT2D eigenvalue weighted by Crippen LogP contribution is -2.47. The number of carbonyl (C=O) groups is 5. The molecule has 6 aromatic rings. The van der Waals surface area contributed by atoms with E-state index >= 15 is 0 Å². The van der Waals surface area contributed by atoms with Gasteiger partial charge in [-0.15, -0.1) is 0 Å². The summed E-state index contributed by atoms with van der Waals surface area (Å²) in [6.07, 6.45) is 20.4. The van der Waals surface area contributed by atoms with Crippen LogP contribution in [0.4, 0.5) is 16.6 Å². The molecule has 1 saturated heterocycles. The molecule has 1 atom stereocenters. The van der Waals surface area contributed by atoms with Crippen molar-refractivity contribution in [3.05, 3.63) is 113 Å². The Morgan fingerprint density at radius 2 is 1.54 bits per heavy atom. The molecule has 1 unspecified atom stereocenters. The minimum atomic E-state index is -0.509. The van der Waals surface area contributed by atoms with Crippen LogP contribution in [0.5, 0.6) is 0 Å². The van der Waals surface area contributed by atoms with Crippen molar-refractivity contribution in [1.29, 1.82) is 0 Å². The Morgan fingerprint density at radius 3 is 2.27 bits per heavy atom. The molecule has 5 heterocycles. The number of allylic oxidation sites excluding steroid dienone is 1. The zero-order valence-electron chi connectivity index (χ0n) is 46.3. The van der Waals surface area contributed by atoms with E-state index in [1.807, 2.05) is 73.7 Å². The number of hydrogen-bond acceptors (Lipinski definition) is 12. The van der Waals surface area contributed by atoms with Crippen molar-refractivity contribution in [2.45, 2.75) is 141 Å². The van der Waals surface area contributed by atoms with E-state index in [0.29, 0.717) is 71.6 Å². The van der Waals surface area contributed by atoms with Gasteiger partial charge in [-0.2, -0.15) is 5.10 Å². The van der Waals surface area contributed by atoms with Gasteiger partial charge in [-0.05, 0) is 142 Å². The highest BCUT2D eigenvalue weighted by Crippen LogP contribution is 2.60. The number of unbranched alkanes of at least 4 members (excludes halogenated alkanes) is 8. The van der Waals surface area contributed by atoms with Gasteiger partial charge in [0.2, 0.25) is 17.7 Å². The highest BCUT2D eigenvalue weighted by Gasteiger charge is 2.50. The maximum atomic E-state index is 14.4. The number of aromatic nitrogens is 4. The van der Waals surface area contributed by atoms with Crippen molar-refractivity contribution in [1.82, 2.24) is 30.4 Å². The van der Waals surface area contributed by atoms with Crippen molar-refractivity contribution < 1.29 is 24.0 Å². The molecule has 3 aromatic carbocycles. The number of anilines is 3. The molecule has 16 nitrogen and oxygen atoms in total. The van der Waals surface area contributed by atoms with Gasteiger partial charge in [0, 0.05) is 80.1 Å². The van der Waals surface area contributed by atoms with Crippen LogP contribution in [-0.2, 0) is 34.4 Å². The molecule has 418 valence electrons. The Balaban J connectivity index is 0.672. The van der Waals surface area contributed by atoms with Crippen LogP contribution in [0.2, 0.25) is 0 Å². The summed E-state index contributed by atoms with van der Waals surface area (Å²) < 4.78 is 2.71. The van der Waals surface area contributed by atoms with Crippen molar-refractivity contribution in [2.24, 2.45) is 40.9 Å². The van der Waals surface area contributed by atoms with Crippen LogP contribution in [0.1, 0.15) is 172 Å². The largest absolute Gasteiger partial charge is 0.404 e. The van der Waals surface area contributed by atoms with Gasteiger partial charge in [-0.1, -0.05) is 92.7 Å². The molecule has 0 radical (unpaired) electrons. The molecule has 6 aliphatic rings. The molecule has 2 aliphatic heterocycles. The number of hydrogen-bond donors (Lipinski definition) is 5. The van der Waals surface area contributed by atoms with Crippen LogP contribution in [0.25, 0.3) is 26.7 Å². The average molecular weight is 1100 g/mol. The smallest absolute Gasteiger partial charge is 0.270 e. The summed E-state index contributed by atoms with van der Waals surface area (Å²) in [6, 6.07) is 23.3. The molecule has 4 aliphatic carbocycles. The number of piperidine rings is 1. The number of aryl methyl sites for hydroxylation is 1. The van der Waals surface area contributed by atoms with Gasteiger partial charge in [0.05, 0.1) is 33.0 Å². The van der Waals surface area contributed by atoms with E-state index in [9.17, 15) is 24.0 Å². The van der Waals surface area contributed by atoms with Gasteiger partial charge in [-0.3, -0.25) is 44.3 Å². The monoisotopic (exact) mass is 1100 g/mol. The fraction of sp³-hybridized carbons (Fsp3) is 0.476. The highest BCUT2D eigenvalue weighted by atomic mass is 32.1. The third-order valence-corrected chi connectivity index (χ3v) is 18.7. The second kappa shape index (κ2) is 24.2. The van der Waals surface area contributed by atoms with E-state index in [0.717, 1.165) is 132 Å². The Labute approximate surface area is 472 Å². The molecule has 12 rings (SSSR count). The summed E-state index contributed by atoms with van der Waals surface area (Å²) in [6.45, 7) is 4.46. The summed E-state index contributed by atoms with van der Waals surface area (Å²) in [5.41, 5.74) is 14.8. The summed E-state index contributed by atoms with van der Waals surface area (Å²) in [5.74, 6) is 1.55. The normalized spacial score (nSPS) is 21.7. The number of pyridine rings is 1. The SMILES string of the molecule is CC(=NCC12CC3CC(CC(C3)C1)C2)C(=CN)c1ccc(N2CCc3cccc(C(=O)Nc4nc5ccccc5s4)c3C2)nc1C(=O)NCCCCCCCCCCCC(=O)Nc1cccc2c(C3CCC(=O)NC3=O)nn(C)c12. The zero-order valence-corrected chi connectivity index (χ0v) is 47.1. The molecule has 17 heteroatoms. The Hall–Kier alpha value is -7.27. The lowest BCUT2D eigenvalue weighted by molar-refractivity contribution is -0.134. The van der Waals surface area contributed by atoms with Gasteiger partial charge < -0.3 is 21.3 Å². The molecular weight excluding hydrogens is 1020 g/mol. The number of imide groups is 1. The molecule has 5 amide bonds. The number of thiazole rings is 1. The zero-order chi connectivity index (χ0) is 55.3. The van der Waals surface area contributed by atoms with E-state index in [1.165, 1.54) is 49.9 Å². The summed E-state index contributed by atoms with van der Waals surface area (Å²) in [4.78, 5) is 83.0. The first-order valence-electron chi connectivity index (χ1n) is 29.3. The molecule has 3 aromatic heterocycles. The van der Waals surface area contributed by atoms with Crippen LogP contribution >= 0.6 is 11.3 Å². The van der Waals surface area contributed by atoms with Crippen LogP contribution in [-0.4, -0.2) is 74.6 Å². The van der Waals surface area contributed by atoms with E-state index < -0.39 is 5.92 Å². The summed E-state index contributed by atoms with van der Waals surface area (Å²) >= 11 is 1.45. The Kier molecular flexibility index (Phi) is 16.6. The molecule has 4 bridgehead atoms. The molecule has 5 fully saturated rings. The van der Waals surface area contributed by atoms with Crippen LogP contribution in [0, 0.1) is 23.2 Å². The molecule has 0 spiro atoms. The first-order chi connectivity index (χ1) is 38.9. The standard InChI is InChI=1S/C63H75N11O5S/c1-39(66-38-63-33-40-30-41(34-63)32-42(31-40)35-63)48(36-64)44-23-25-53(74-29-27-43-16-14-17-45(49(43)37-74)59(77)71-62-68-50-19-11-12-21-52(50)80-62)69-57(44)61(79)65-28-13-9-7-5-3-4-6-8-10-22-54(75)67-51-20-15-18-46-56(72-73(2)58(46)51)47-24-26-55(76)70-60(47)78/h11-12,14-21,23,25,36,40-42,47H,3-10,13,22,24,26-35,37-38,64H2,1-2H3,(H,65,79)(H,67,75)(H,68,71,77)(H,70,76,78). The topological polar surface area (TPSA) is 219 Å². The first kappa shape index (κ1) is 54.7. The lowest BCUT2D eigenvalue weighted by atomic mass is 9.49. The van der Waals surface area contributed by atoms with E-state index in [2.05, 4.69) is 42.3 Å². The Bertz CT molecular complexity index is 3330. The number of aliphatic imine (C=N–C) groups is 1. The molecule has 80 heavy (non-hydrogen) atoms. The number of fused-ring (bicyclic) bond motifs is 3.